The molecule has 0 atom stereocenters. The van der Waals surface area contributed by atoms with Crippen LogP contribution in [0.3, 0.4) is 0 Å². The Bertz CT molecular complexity index is 382. The van der Waals surface area contributed by atoms with Gasteiger partial charge in [0.25, 0.3) is 0 Å². The zero-order chi connectivity index (χ0) is 9.10. The molecule has 0 bridgehead atoms. The Hall–Kier alpha value is -1.35. The van der Waals surface area contributed by atoms with Gasteiger partial charge in [0.15, 0.2) is 0 Å². The van der Waals surface area contributed by atoms with Crippen LogP contribution in [0, 0.1) is 0 Å². The minimum Gasteiger partial charge on any atom is -0.397 e. The number of hydrogen-bond donors (Lipinski definition) is 1. The monoisotopic (exact) mass is 190 g/mol. The van der Waals surface area contributed by atoms with E-state index in [1.54, 1.807) is 17.5 Å². The first-order chi connectivity index (χ1) is 6.36. The molecule has 0 aliphatic heterocycles. The van der Waals surface area contributed by atoms with Crippen LogP contribution < -0.4 is 5.73 Å². The minimum absolute atomic E-state index is 0.774. The fraction of sp³-hybridized carbons (Fsp3) is 0.100. The lowest BCUT2D eigenvalue weighted by Crippen LogP contribution is -1.96. The summed E-state index contributed by atoms with van der Waals surface area (Å²) in [6.45, 7) is 0. The normalized spacial score (nSPS) is 10.2. The van der Waals surface area contributed by atoms with Crippen molar-refractivity contribution in [2.24, 2.45) is 0 Å². The van der Waals surface area contributed by atoms with Crippen molar-refractivity contribution in [3.05, 3.63) is 46.4 Å². The lowest BCUT2D eigenvalue weighted by Gasteiger charge is -2.00. The third-order valence-electron chi connectivity index (χ3n) is 1.85. The average molecular weight is 190 g/mol. The lowest BCUT2D eigenvalue weighted by molar-refractivity contribution is 1.10. The molecule has 2 rings (SSSR count). The van der Waals surface area contributed by atoms with E-state index in [1.165, 1.54) is 4.88 Å². The number of thiophene rings is 1. The van der Waals surface area contributed by atoms with E-state index in [1.807, 2.05) is 18.2 Å². The summed E-state index contributed by atoms with van der Waals surface area (Å²) in [7, 11) is 0. The predicted molar refractivity (Wildman–Crippen MR) is 55.8 cm³/mol. The van der Waals surface area contributed by atoms with Crippen LogP contribution in [0.25, 0.3) is 0 Å². The molecule has 13 heavy (non-hydrogen) atoms. The second-order valence-electron chi connectivity index (χ2n) is 2.80. The molecule has 0 unspecified atom stereocenters. The molecule has 2 heterocycles. The molecule has 0 saturated carbocycles. The second kappa shape index (κ2) is 3.58. The van der Waals surface area contributed by atoms with Gasteiger partial charge in [0.05, 0.1) is 11.4 Å². The molecule has 2 N–H and O–H groups in total. The first-order valence-corrected chi connectivity index (χ1v) is 4.96. The zero-order valence-corrected chi connectivity index (χ0v) is 7.92. The first kappa shape index (κ1) is 8.26. The molecule has 66 valence electrons. The summed E-state index contributed by atoms with van der Waals surface area (Å²) >= 11 is 1.73. The van der Waals surface area contributed by atoms with Crippen molar-refractivity contribution in [1.82, 2.24) is 4.98 Å². The van der Waals surface area contributed by atoms with Crippen LogP contribution in [0.2, 0.25) is 0 Å². The van der Waals surface area contributed by atoms with Gasteiger partial charge in [0.1, 0.15) is 0 Å². The molecule has 0 spiro atoms. The summed E-state index contributed by atoms with van der Waals surface area (Å²) in [6.07, 6.45) is 2.61. The average Bonchev–Trinajstić information content (AvgIpc) is 2.61. The van der Waals surface area contributed by atoms with Gasteiger partial charge in [0.2, 0.25) is 0 Å². The number of nitrogen functional groups attached to an aromatic ring is 1. The van der Waals surface area contributed by atoms with Crippen LogP contribution in [0.4, 0.5) is 5.69 Å². The quantitative estimate of drug-likeness (QED) is 0.789. The standard InChI is InChI=1S/C10H10N2S/c11-9-4-1-5-12-10(9)7-8-3-2-6-13-8/h1-6H,7,11H2. The Morgan fingerprint density at radius 3 is 2.92 bits per heavy atom. The summed E-state index contributed by atoms with van der Waals surface area (Å²) < 4.78 is 0. The van der Waals surface area contributed by atoms with Crippen molar-refractivity contribution < 1.29 is 0 Å². The van der Waals surface area contributed by atoms with Crippen molar-refractivity contribution in [3.8, 4) is 0 Å². The van der Waals surface area contributed by atoms with Crippen molar-refractivity contribution in [1.29, 1.82) is 0 Å². The van der Waals surface area contributed by atoms with E-state index in [4.69, 9.17) is 5.73 Å². The number of rotatable bonds is 2. The third kappa shape index (κ3) is 1.87. The van der Waals surface area contributed by atoms with Crippen molar-refractivity contribution in [3.63, 3.8) is 0 Å². The number of nitrogens with two attached hydrogens (primary N) is 1. The van der Waals surface area contributed by atoms with E-state index in [9.17, 15) is 0 Å². The molecular formula is C10H10N2S. The second-order valence-corrected chi connectivity index (χ2v) is 3.83. The highest BCUT2D eigenvalue weighted by atomic mass is 32.1. The Labute approximate surface area is 81.1 Å². The zero-order valence-electron chi connectivity index (χ0n) is 7.10. The number of aromatic nitrogens is 1. The van der Waals surface area contributed by atoms with Crippen molar-refractivity contribution in [2.45, 2.75) is 6.42 Å². The Morgan fingerprint density at radius 1 is 1.31 bits per heavy atom. The first-order valence-electron chi connectivity index (χ1n) is 4.08. The Kier molecular flexibility index (Phi) is 2.27. The maximum Gasteiger partial charge on any atom is 0.0684 e. The summed E-state index contributed by atoms with van der Waals surface area (Å²) in [5.41, 5.74) is 7.52. The molecule has 0 aliphatic rings. The third-order valence-corrected chi connectivity index (χ3v) is 2.72. The van der Waals surface area contributed by atoms with E-state index in [0.717, 1.165) is 17.8 Å². The number of anilines is 1. The highest BCUT2D eigenvalue weighted by Gasteiger charge is 2.01. The SMILES string of the molecule is Nc1cccnc1Cc1cccs1. The van der Waals surface area contributed by atoms with Gasteiger partial charge < -0.3 is 5.73 Å². The van der Waals surface area contributed by atoms with Crippen LogP contribution in [-0.4, -0.2) is 4.98 Å². The van der Waals surface area contributed by atoms with Gasteiger partial charge in [-0.05, 0) is 23.6 Å². The van der Waals surface area contributed by atoms with Gasteiger partial charge >= 0.3 is 0 Å². The molecule has 0 fully saturated rings. The van der Waals surface area contributed by atoms with Gasteiger partial charge in [0, 0.05) is 17.5 Å². The molecule has 0 amide bonds. The highest BCUT2D eigenvalue weighted by Crippen LogP contribution is 2.16. The summed E-state index contributed by atoms with van der Waals surface area (Å²) in [5, 5.41) is 2.06. The van der Waals surface area contributed by atoms with Gasteiger partial charge in [-0.3, -0.25) is 4.98 Å². The van der Waals surface area contributed by atoms with E-state index in [0.29, 0.717) is 0 Å². The minimum atomic E-state index is 0.774. The van der Waals surface area contributed by atoms with E-state index >= 15 is 0 Å². The van der Waals surface area contributed by atoms with E-state index in [-0.39, 0.29) is 0 Å². The van der Waals surface area contributed by atoms with Crippen molar-refractivity contribution in [2.75, 3.05) is 5.73 Å². The lowest BCUT2D eigenvalue weighted by atomic mass is 10.2. The van der Waals surface area contributed by atoms with Crippen LogP contribution in [-0.2, 0) is 6.42 Å². The van der Waals surface area contributed by atoms with Crippen LogP contribution in [0.15, 0.2) is 35.8 Å². The fourth-order valence-electron chi connectivity index (χ4n) is 1.18. The van der Waals surface area contributed by atoms with Gasteiger partial charge in [-0.25, -0.2) is 0 Å². The summed E-state index contributed by atoms with van der Waals surface area (Å²) in [4.78, 5) is 5.53. The topological polar surface area (TPSA) is 38.9 Å². The summed E-state index contributed by atoms with van der Waals surface area (Å²) in [6, 6.07) is 7.88. The largest absolute Gasteiger partial charge is 0.397 e. The molecule has 3 heteroatoms. The van der Waals surface area contributed by atoms with Crippen LogP contribution in [0.5, 0.6) is 0 Å². The number of pyridine rings is 1. The van der Waals surface area contributed by atoms with E-state index in [2.05, 4.69) is 16.4 Å². The molecule has 0 aromatic carbocycles. The van der Waals surface area contributed by atoms with Gasteiger partial charge in [-0.15, -0.1) is 11.3 Å². The fourth-order valence-corrected chi connectivity index (χ4v) is 1.89. The van der Waals surface area contributed by atoms with Crippen LogP contribution >= 0.6 is 11.3 Å². The van der Waals surface area contributed by atoms with Crippen molar-refractivity contribution >= 4 is 17.0 Å². The highest BCUT2D eigenvalue weighted by molar-refractivity contribution is 7.09. The molecule has 0 aliphatic carbocycles. The number of hydrogen-bond acceptors (Lipinski definition) is 3. The van der Waals surface area contributed by atoms with E-state index < -0.39 is 0 Å². The number of nitrogens with zero attached hydrogens (tertiary/aromatic N) is 1. The Morgan fingerprint density at radius 2 is 2.23 bits per heavy atom. The molecule has 0 saturated heterocycles. The smallest absolute Gasteiger partial charge is 0.0684 e. The summed E-state index contributed by atoms with van der Waals surface area (Å²) in [5.74, 6) is 0. The molecule has 2 aromatic rings. The van der Waals surface area contributed by atoms with Gasteiger partial charge in [-0.1, -0.05) is 6.07 Å². The molecular weight excluding hydrogens is 180 g/mol. The maximum absolute atomic E-state index is 5.78. The molecule has 2 nitrogen and oxygen atoms in total. The molecule has 2 aromatic heterocycles. The molecule has 0 radical (unpaired) electrons. The Balaban J connectivity index is 2.24. The predicted octanol–water partition coefficient (Wildman–Crippen LogP) is 2.32. The van der Waals surface area contributed by atoms with Gasteiger partial charge in [-0.2, -0.15) is 0 Å². The van der Waals surface area contributed by atoms with Crippen LogP contribution in [0.1, 0.15) is 10.6 Å². The maximum atomic E-state index is 5.78.